The van der Waals surface area contributed by atoms with E-state index in [1.165, 1.54) is 11.2 Å². The quantitative estimate of drug-likeness (QED) is 0.532. The highest BCUT2D eigenvalue weighted by Crippen LogP contribution is 2.28. The molecular weight excluding hydrogens is 443 g/mol. The number of aliphatic hydroxyl groups excluding tert-OH is 1. The molecule has 2 atom stereocenters. The van der Waals surface area contributed by atoms with Gasteiger partial charge in [0.25, 0.3) is 0 Å². The predicted molar refractivity (Wildman–Crippen MR) is 119 cm³/mol. The molecule has 1 aliphatic rings. The minimum Gasteiger partial charge on any atom is -0.486 e. The van der Waals surface area contributed by atoms with Crippen LogP contribution in [0, 0.1) is 11.3 Å². The number of carbonyl (C=O) groups is 1. The van der Waals surface area contributed by atoms with Crippen molar-refractivity contribution in [2.45, 2.75) is 32.2 Å². The van der Waals surface area contributed by atoms with Gasteiger partial charge in [-0.1, -0.05) is 0 Å². The minimum atomic E-state index is -1.44. The standard InChI is InChI=1S/C22H23FN8O3/c1-2-31-10-16(9-27-31)28-22-26-13-25-21(29-22)14-3-4-18(15(7-14)8-24)34-19-5-6-30(11-17(19)23)20(33)12-32/h3-4,7,9-10,13,17,19,32H,2,5-6,11-12H2,1H3,(H,25,26,28,29)/t17?,19-/m0/s1. The zero-order valence-electron chi connectivity index (χ0n) is 18.4. The van der Waals surface area contributed by atoms with Crippen molar-refractivity contribution in [3.05, 3.63) is 42.5 Å². The lowest BCUT2D eigenvalue weighted by atomic mass is 10.0. The van der Waals surface area contributed by atoms with Crippen LogP contribution in [0.1, 0.15) is 18.9 Å². The van der Waals surface area contributed by atoms with Gasteiger partial charge in [0.05, 0.1) is 24.0 Å². The molecule has 3 heterocycles. The van der Waals surface area contributed by atoms with Crippen molar-refractivity contribution in [2.24, 2.45) is 0 Å². The molecule has 1 fully saturated rings. The molecule has 0 radical (unpaired) electrons. The molecule has 1 amide bonds. The van der Waals surface area contributed by atoms with Crippen LogP contribution in [0.15, 0.2) is 36.9 Å². The van der Waals surface area contributed by atoms with E-state index in [1.807, 2.05) is 13.1 Å². The van der Waals surface area contributed by atoms with Crippen LogP contribution in [-0.4, -0.2) is 72.6 Å². The number of nitriles is 1. The molecule has 1 aliphatic heterocycles. The van der Waals surface area contributed by atoms with E-state index in [0.717, 1.165) is 12.2 Å². The third-order valence-electron chi connectivity index (χ3n) is 5.39. The molecular formula is C22H23FN8O3. The van der Waals surface area contributed by atoms with Crippen molar-refractivity contribution < 1.29 is 19.0 Å². The van der Waals surface area contributed by atoms with Crippen LogP contribution >= 0.6 is 0 Å². The van der Waals surface area contributed by atoms with E-state index in [-0.39, 0.29) is 30.8 Å². The molecule has 12 heteroatoms. The van der Waals surface area contributed by atoms with Gasteiger partial charge in [-0.25, -0.2) is 14.4 Å². The molecule has 2 aromatic heterocycles. The summed E-state index contributed by atoms with van der Waals surface area (Å²) in [5.41, 5.74) is 1.50. The number of aryl methyl sites for hydroxylation is 1. The molecule has 0 bridgehead atoms. The van der Waals surface area contributed by atoms with Crippen molar-refractivity contribution in [1.29, 1.82) is 5.26 Å². The van der Waals surface area contributed by atoms with Gasteiger partial charge in [-0.05, 0) is 25.1 Å². The van der Waals surface area contributed by atoms with Crippen molar-refractivity contribution in [1.82, 2.24) is 29.6 Å². The van der Waals surface area contributed by atoms with Crippen molar-refractivity contribution >= 4 is 17.5 Å². The fourth-order valence-corrected chi connectivity index (χ4v) is 3.59. The van der Waals surface area contributed by atoms with Crippen LogP contribution in [0.3, 0.4) is 0 Å². The number of hydrogen-bond donors (Lipinski definition) is 2. The Balaban J connectivity index is 1.48. The number of anilines is 2. The Labute approximate surface area is 194 Å². The van der Waals surface area contributed by atoms with Crippen LogP contribution in [0.5, 0.6) is 5.75 Å². The van der Waals surface area contributed by atoms with Gasteiger partial charge in [-0.3, -0.25) is 9.48 Å². The van der Waals surface area contributed by atoms with E-state index in [2.05, 4.69) is 31.4 Å². The number of hydrogen-bond acceptors (Lipinski definition) is 9. The average molecular weight is 466 g/mol. The third kappa shape index (κ3) is 5.10. The summed E-state index contributed by atoms with van der Waals surface area (Å²) in [6.45, 7) is 2.16. The van der Waals surface area contributed by atoms with E-state index >= 15 is 0 Å². The summed E-state index contributed by atoms with van der Waals surface area (Å²) in [6.07, 6.45) is 2.85. The van der Waals surface area contributed by atoms with Crippen molar-refractivity contribution in [3.63, 3.8) is 0 Å². The molecule has 11 nitrogen and oxygen atoms in total. The first-order valence-corrected chi connectivity index (χ1v) is 10.7. The number of rotatable bonds is 7. The van der Waals surface area contributed by atoms with E-state index < -0.39 is 24.8 Å². The minimum absolute atomic E-state index is 0.165. The number of halogens is 1. The van der Waals surface area contributed by atoms with Crippen LogP contribution in [0.2, 0.25) is 0 Å². The molecule has 3 aromatic rings. The Morgan fingerprint density at radius 3 is 2.97 bits per heavy atom. The highest BCUT2D eigenvalue weighted by atomic mass is 19.1. The molecule has 34 heavy (non-hydrogen) atoms. The van der Waals surface area contributed by atoms with E-state index in [1.54, 1.807) is 29.1 Å². The van der Waals surface area contributed by atoms with Gasteiger partial charge in [-0.15, -0.1) is 0 Å². The second kappa shape index (κ2) is 10.2. The second-order valence-corrected chi connectivity index (χ2v) is 7.62. The summed E-state index contributed by atoms with van der Waals surface area (Å²) in [6, 6.07) is 6.90. The zero-order valence-corrected chi connectivity index (χ0v) is 18.4. The third-order valence-corrected chi connectivity index (χ3v) is 5.39. The summed E-state index contributed by atoms with van der Waals surface area (Å²) in [7, 11) is 0. The molecule has 2 N–H and O–H groups in total. The first-order chi connectivity index (χ1) is 16.5. The maximum atomic E-state index is 14.6. The van der Waals surface area contributed by atoms with Gasteiger partial charge in [0.15, 0.2) is 12.0 Å². The lowest BCUT2D eigenvalue weighted by Gasteiger charge is -2.34. The molecule has 0 aliphatic carbocycles. The zero-order chi connectivity index (χ0) is 24.1. The fourth-order valence-electron chi connectivity index (χ4n) is 3.59. The Morgan fingerprint density at radius 2 is 2.26 bits per heavy atom. The lowest BCUT2D eigenvalue weighted by molar-refractivity contribution is -0.138. The Hall–Kier alpha value is -4.11. The number of likely N-dealkylation sites (tertiary alicyclic amines) is 1. The van der Waals surface area contributed by atoms with Crippen LogP contribution < -0.4 is 10.1 Å². The number of amides is 1. The topological polar surface area (TPSA) is 142 Å². The fraction of sp³-hybridized carbons (Fsp3) is 0.364. The monoisotopic (exact) mass is 466 g/mol. The molecule has 0 spiro atoms. The number of benzene rings is 1. The Bertz CT molecular complexity index is 1210. The number of aliphatic hydroxyl groups is 1. The van der Waals surface area contributed by atoms with Gasteiger partial charge < -0.3 is 20.1 Å². The molecule has 0 saturated carbocycles. The van der Waals surface area contributed by atoms with Crippen LogP contribution in [0.4, 0.5) is 16.0 Å². The highest BCUT2D eigenvalue weighted by Gasteiger charge is 2.33. The second-order valence-electron chi connectivity index (χ2n) is 7.62. The molecule has 1 unspecified atom stereocenters. The summed E-state index contributed by atoms with van der Waals surface area (Å²) in [4.78, 5) is 25.6. The number of ether oxygens (including phenoxy) is 1. The Kier molecular flexibility index (Phi) is 6.93. The molecule has 4 rings (SSSR count). The molecule has 1 aromatic carbocycles. The summed E-state index contributed by atoms with van der Waals surface area (Å²) in [5.74, 6) is 0.389. The van der Waals surface area contributed by atoms with E-state index in [0.29, 0.717) is 17.3 Å². The van der Waals surface area contributed by atoms with Crippen molar-refractivity contribution in [3.8, 4) is 23.2 Å². The number of piperidine rings is 1. The molecule has 1 saturated heterocycles. The van der Waals surface area contributed by atoms with Gasteiger partial charge in [0.2, 0.25) is 11.9 Å². The van der Waals surface area contributed by atoms with E-state index in [9.17, 15) is 14.4 Å². The molecule has 176 valence electrons. The lowest BCUT2D eigenvalue weighted by Crippen LogP contribution is -2.50. The number of carbonyl (C=O) groups excluding carboxylic acids is 1. The van der Waals surface area contributed by atoms with Crippen LogP contribution in [-0.2, 0) is 11.3 Å². The van der Waals surface area contributed by atoms with E-state index in [4.69, 9.17) is 9.84 Å². The first kappa shape index (κ1) is 23.1. The highest BCUT2D eigenvalue weighted by molar-refractivity contribution is 5.77. The largest absolute Gasteiger partial charge is 0.486 e. The normalized spacial score (nSPS) is 17.8. The Morgan fingerprint density at radius 1 is 1.41 bits per heavy atom. The average Bonchev–Trinajstić information content (AvgIpc) is 3.32. The maximum absolute atomic E-state index is 14.6. The van der Waals surface area contributed by atoms with Crippen LogP contribution in [0.25, 0.3) is 11.4 Å². The van der Waals surface area contributed by atoms with Gasteiger partial charge in [0.1, 0.15) is 30.9 Å². The summed E-state index contributed by atoms with van der Waals surface area (Å²) < 4.78 is 22.1. The van der Waals surface area contributed by atoms with Crippen molar-refractivity contribution in [2.75, 3.05) is 25.0 Å². The summed E-state index contributed by atoms with van der Waals surface area (Å²) in [5, 5.41) is 25.8. The predicted octanol–water partition coefficient (Wildman–Crippen LogP) is 1.68. The van der Waals surface area contributed by atoms with Gasteiger partial charge in [0, 0.05) is 31.3 Å². The first-order valence-electron chi connectivity index (χ1n) is 10.7. The number of aromatic nitrogens is 5. The van der Waals surface area contributed by atoms with Gasteiger partial charge >= 0.3 is 0 Å². The number of alkyl halides is 1. The maximum Gasteiger partial charge on any atom is 0.248 e. The number of nitrogens with zero attached hydrogens (tertiary/aromatic N) is 7. The number of nitrogens with one attached hydrogen (secondary N) is 1. The SMILES string of the molecule is CCn1cc(Nc2ncnc(-c3ccc(O[C@H]4CCN(C(=O)CO)CC4F)c(C#N)c3)n2)cn1. The summed E-state index contributed by atoms with van der Waals surface area (Å²) >= 11 is 0. The smallest absolute Gasteiger partial charge is 0.248 e. The van der Waals surface area contributed by atoms with Gasteiger partial charge in [-0.2, -0.15) is 15.3 Å².